The minimum absolute atomic E-state index is 0.114. The number of hydrogen-bond acceptors (Lipinski definition) is 15. The Hall–Kier alpha value is -2.31. The average Bonchev–Trinajstić information content (AvgIpc) is 3.22. The Balaban J connectivity index is 1.13. The van der Waals surface area contributed by atoms with Gasteiger partial charge in [-0.05, 0) is 98.7 Å². The van der Waals surface area contributed by atoms with Gasteiger partial charge in [-0.15, -0.1) is 0 Å². The molecule has 0 amide bonds. The van der Waals surface area contributed by atoms with Crippen molar-refractivity contribution in [1.29, 1.82) is 0 Å². The van der Waals surface area contributed by atoms with Gasteiger partial charge in [0.15, 0.2) is 12.4 Å². The van der Waals surface area contributed by atoms with Gasteiger partial charge in [-0.1, -0.05) is 64.8 Å². The van der Waals surface area contributed by atoms with E-state index in [4.69, 9.17) is 23.7 Å². The number of carbonyl (C=O) groups is 3. The molecule has 7 aliphatic rings. The summed E-state index contributed by atoms with van der Waals surface area (Å²) in [5.41, 5.74) is -0.629. The lowest BCUT2D eigenvalue weighted by Crippen LogP contribution is -2.67. The van der Waals surface area contributed by atoms with E-state index in [1.165, 1.54) is 5.57 Å². The first-order valence-corrected chi connectivity index (χ1v) is 22.1. The number of rotatable bonds is 10. The van der Waals surface area contributed by atoms with Crippen molar-refractivity contribution in [3.05, 3.63) is 23.8 Å². The van der Waals surface area contributed by atoms with Crippen molar-refractivity contribution >= 4 is 18.2 Å². The van der Waals surface area contributed by atoms with Gasteiger partial charge in [0.25, 0.3) is 0 Å². The van der Waals surface area contributed by atoms with Gasteiger partial charge in [0.05, 0.1) is 30.1 Å². The maximum atomic E-state index is 14.5. The molecule has 0 aromatic rings. The lowest BCUT2D eigenvalue weighted by atomic mass is 9.34. The Morgan fingerprint density at radius 3 is 2.25 bits per heavy atom. The molecule has 338 valence electrons. The molecular weight excluding hydrogens is 780 g/mol. The van der Waals surface area contributed by atoms with Gasteiger partial charge in [0.2, 0.25) is 6.29 Å². The summed E-state index contributed by atoms with van der Waals surface area (Å²) in [5.74, 6) is -1.61. The highest BCUT2D eigenvalue weighted by molar-refractivity contribution is 5.79. The maximum absolute atomic E-state index is 14.5. The van der Waals surface area contributed by atoms with Crippen molar-refractivity contribution in [1.82, 2.24) is 0 Å². The molecule has 0 radical (unpaired) electrons. The molecule has 6 fully saturated rings. The van der Waals surface area contributed by atoms with Gasteiger partial charge in [0, 0.05) is 5.92 Å². The van der Waals surface area contributed by atoms with Crippen LogP contribution in [0.5, 0.6) is 0 Å². The molecule has 0 unspecified atom stereocenters. The van der Waals surface area contributed by atoms with Gasteiger partial charge in [-0.25, -0.2) is 4.79 Å². The van der Waals surface area contributed by atoms with Crippen LogP contribution in [0.3, 0.4) is 0 Å². The quantitative estimate of drug-likeness (QED) is 0.0550. The fourth-order valence-corrected chi connectivity index (χ4v) is 13.4. The van der Waals surface area contributed by atoms with E-state index in [2.05, 4.69) is 33.4 Å². The summed E-state index contributed by atoms with van der Waals surface area (Å²) in [6.07, 6.45) is -5.77. The predicted octanol–water partition coefficient (Wildman–Crippen LogP) is 2.38. The number of ether oxygens (including phenoxy) is 5. The molecule has 7 rings (SSSR count). The van der Waals surface area contributed by atoms with Crippen LogP contribution in [-0.2, 0) is 38.1 Å². The van der Waals surface area contributed by atoms with Crippen molar-refractivity contribution in [3.63, 3.8) is 0 Å². The molecule has 15 nitrogen and oxygen atoms in total. The van der Waals surface area contributed by atoms with Crippen LogP contribution in [-0.4, -0.2) is 135 Å². The lowest BCUT2D eigenvalue weighted by Gasteiger charge is -2.70. The first-order valence-electron chi connectivity index (χ1n) is 22.1. The van der Waals surface area contributed by atoms with Crippen LogP contribution in [0.15, 0.2) is 23.8 Å². The van der Waals surface area contributed by atoms with Crippen LogP contribution in [0.2, 0.25) is 0 Å². The second kappa shape index (κ2) is 16.7. The fraction of sp³-hybridized carbons (Fsp3) is 0.844. The summed E-state index contributed by atoms with van der Waals surface area (Å²) in [5, 5.41) is 73.7. The zero-order chi connectivity index (χ0) is 43.7. The zero-order valence-electron chi connectivity index (χ0n) is 35.7. The number of carbonyl (C=O) groups excluding carboxylic acids is 3. The van der Waals surface area contributed by atoms with Gasteiger partial charge in [0.1, 0.15) is 49.0 Å². The van der Waals surface area contributed by atoms with Gasteiger partial charge in [-0.2, -0.15) is 0 Å². The molecule has 5 aliphatic carbocycles. The zero-order valence-corrected chi connectivity index (χ0v) is 35.7. The van der Waals surface area contributed by atoms with Gasteiger partial charge >= 0.3 is 11.9 Å². The molecule has 4 saturated carbocycles. The van der Waals surface area contributed by atoms with Gasteiger partial charge < -0.3 is 64.2 Å². The molecule has 2 saturated heterocycles. The van der Waals surface area contributed by atoms with Crippen LogP contribution >= 0.6 is 0 Å². The predicted molar refractivity (Wildman–Crippen MR) is 212 cm³/mol. The van der Waals surface area contributed by atoms with Crippen molar-refractivity contribution in [2.24, 2.45) is 44.8 Å². The molecule has 0 aromatic heterocycles. The smallest absolute Gasteiger partial charge is 0.338 e. The van der Waals surface area contributed by atoms with Crippen LogP contribution in [0.1, 0.15) is 112 Å². The number of unbranched alkanes of at least 4 members (excludes halogenated alkanes) is 1. The van der Waals surface area contributed by atoms with Crippen LogP contribution < -0.4 is 0 Å². The van der Waals surface area contributed by atoms with E-state index in [-0.39, 0.29) is 40.6 Å². The Labute approximate surface area is 352 Å². The summed E-state index contributed by atoms with van der Waals surface area (Å²) < 4.78 is 29.0. The molecule has 19 atom stereocenters. The van der Waals surface area contributed by atoms with Crippen molar-refractivity contribution in [2.45, 2.75) is 179 Å². The molecule has 2 aliphatic heterocycles. The minimum Gasteiger partial charge on any atom is -0.464 e. The molecule has 2 heterocycles. The number of fused-ring (bicyclic) bond motifs is 7. The third-order valence-electron chi connectivity index (χ3n) is 17.3. The van der Waals surface area contributed by atoms with Crippen molar-refractivity contribution in [2.75, 3.05) is 13.2 Å². The van der Waals surface area contributed by atoms with E-state index >= 15 is 0 Å². The minimum atomic E-state index is -1.74. The molecule has 0 bridgehead atoms. The highest BCUT2D eigenvalue weighted by Crippen LogP contribution is 2.75. The first kappa shape index (κ1) is 45.7. The highest BCUT2D eigenvalue weighted by atomic mass is 16.7. The van der Waals surface area contributed by atoms with Crippen LogP contribution in [0.4, 0.5) is 0 Å². The van der Waals surface area contributed by atoms with Gasteiger partial charge in [-0.3, -0.25) is 4.79 Å². The highest BCUT2D eigenvalue weighted by Gasteiger charge is 2.70. The van der Waals surface area contributed by atoms with E-state index in [1.807, 2.05) is 13.8 Å². The summed E-state index contributed by atoms with van der Waals surface area (Å²) in [7, 11) is 0. The summed E-state index contributed by atoms with van der Waals surface area (Å²) in [6, 6.07) is 0. The third-order valence-corrected chi connectivity index (χ3v) is 17.3. The van der Waals surface area contributed by atoms with Crippen LogP contribution in [0, 0.1) is 44.8 Å². The van der Waals surface area contributed by atoms with Crippen LogP contribution in [0.25, 0.3) is 0 Å². The Morgan fingerprint density at radius 2 is 1.57 bits per heavy atom. The number of aliphatic hydroxyl groups is 7. The Bertz CT molecular complexity index is 1680. The van der Waals surface area contributed by atoms with E-state index in [9.17, 15) is 50.1 Å². The molecule has 60 heavy (non-hydrogen) atoms. The van der Waals surface area contributed by atoms with E-state index < -0.39 is 96.9 Å². The number of esters is 2. The summed E-state index contributed by atoms with van der Waals surface area (Å²) in [6.45, 7) is 14.6. The van der Waals surface area contributed by atoms with E-state index in [1.54, 1.807) is 0 Å². The topological polar surface area (TPSA) is 239 Å². The molecule has 0 spiro atoms. The second-order valence-electron chi connectivity index (χ2n) is 20.1. The van der Waals surface area contributed by atoms with E-state index in [0.29, 0.717) is 64.2 Å². The average molecular weight is 849 g/mol. The van der Waals surface area contributed by atoms with Crippen molar-refractivity contribution < 1.29 is 73.8 Å². The standard InChI is InChI=1S/C45H68O15/c1-7-8-19-56-37(54)36-33(51)32(50)35(53)39(59-36)58-29-13-14-41(3)27(42(29,4)22-47)12-15-44(6)28(41)10-9-24-25-20-23(2)11-16-45(25,18-17-43(24,44)5)40(55)60-38-34(52)31(49)30(48)26(21-46)57-38/h9,22,25-36,38-39,46,48-53H,2,7-8,10-21H2,1,3-6H3/t25-,26+,27+,28+,29-,30+,31-,32-,33-,34+,35+,36-,38-,39+,41-,42-,43+,44+,45-/m0/s1. The number of hydrogen-bond donors (Lipinski definition) is 7. The number of allylic oxidation sites excluding steroid dienone is 3. The Morgan fingerprint density at radius 1 is 0.867 bits per heavy atom. The summed E-state index contributed by atoms with van der Waals surface area (Å²) >= 11 is 0. The molecular formula is C45H68O15. The monoisotopic (exact) mass is 848 g/mol. The molecule has 0 aromatic carbocycles. The first-order chi connectivity index (χ1) is 28.3. The third kappa shape index (κ3) is 6.96. The largest absolute Gasteiger partial charge is 0.464 e. The molecule has 15 heteroatoms. The SMILES string of the molecule is C=C1CC[C@]2(C(=O)O[C@@H]3O[C@H](CO)[C@@H](O)[C@H](O)[C@H]3O)CC[C@]3(C)C(=CC[C@@H]4[C@@]5(C)CC[C@H](O[C@@H]6O[C@H](C(=O)OCCCC)[C@@H](O)[C@H](O)[C@H]6O)[C@@](C)(C=O)[C@@H]5CC[C@]43C)[C@@H]2C1. The number of aliphatic hydroxyl groups excluding tert-OH is 7. The maximum Gasteiger partial charge on any atom is 0.338 e. The lowest BCUT2D eigenvalue weighted by molar-refractivity contribution is -0.322. The summed E-state index contributed by atoms with van der Waals surface area (Å²) in [4.78, 5) is 40.8. The Kier molecular flexibility index (Phi) is 12.7. The molecule has 7 N–H and O–H groups in total. The van der Waals surface area contributed by atoms with Crippen molar-refractivity contribution in [3.8, 4) is 0 Å². The van der Waals surface area contributed by atoms with E-state index in [0.717, 1.165) is 24.7 Å². The normalized spacial score (nSPS) is 50.2. The number of aldehydes is 1. The fourth-order valence-electron chi connectivity index (χ4n) is 13.4. The second-order valence-corrected chi connectivity index (χ2v) is 20.1.